The lowest BCUT2D eigenvalue weighted by Gasteiger charge is -2.36. The number of allylic oxidation sites excluding steroid dienone is 1. The average Bonchev–Trinajstić information content (AvgIpc) is 3.66. The lowest BCUT2D eigenvalue weighted by atomic mass is 9.84. The Bertz CT molecular complexity index is 1170. The number of ether oxygens (including phenoxy) is 2. The molecule has 0 radical (unpaired) electrons. The summed E-state index contributed by atoms with van der Waals surface area (Å²) in [6.45, 7) is 8.09. The number of rotatable bonds is 9. The number of halogens is 4. The molecule has 0 amide bonds. The van der Waals surface area contributed by atoms with E-state index in [0.717, 1.165) is 24.0 Å². The fourth-order valence-corrected chi connectivity index (χ4v) is 5.18. The summed E-state index contributed by atoms with van der Waals surface area (Å²) in [6.07, 6.45) is -2.22. The van der Waals surface area contributed by atoms with Crippen molar-refractivity contribution in [3.05, 3.63) is 63.8 Å². The number of nitrogens with zero attached hydrogens (tertiary/aromatic N) is 2. The van der Waals surface area contributed by atoms with E-state index in [1.54, 1.807) is 18.2 Å². The maximum absolute atomic E-state index is 14.4. The molecule has 1 aliphatic heterocycles. The minimum atomic E-state index is -4.53. The van der Waals surface area contributed by atoms with Crippen LogP contribution >= 0.6 is 11.6 Å². The molecular formula is C28H32ClF3N2O2. The van der Waals surface area contributed by atoms with Crippen molar-refractivity contribution in [1.29, 1.82) is 0 Å². The van der Waals surface area contributed by atoms with E-state index in [-0.39, 0.29) is 24.0 Å². The molecule has 36 heavy (non-hydrogen) atoms. The molecule has 1 saturated carbocycles. The summed E-state index contributed by atoms with van der Waals surface area (Å²) in [5.74, 6) is 1.70. The zero-order valence-corrected chi connectivity index (χ0v) is 21.8. The molecule has 0 spiro atoms. The van der Waals surface area contributed by atoms with Crippen LogP contribution in [0.5, 0.6) is 11.5 Å². The lowest BCUT2D eigenvalue weighted by molar-refractivity contribution is -0.0932. The fraction of sp³-hybridized carbons (Fsp3) is 0.464. The van der Waals surface area contributed by atoms with E-state index in [1.807, 2.05) is 39.0 Å². The third-order valence-corrected chi connectivity index (χ3v) is 6.80. The van der Waals surface area contributed by atoms with Gasteiger partial charge in [-0.25, -0.2) is 0 Å². The van der Waals surface area contributed by atoms with E-state index in [9.17, 15) is 13.2 Å². The summed E-state index contributed by atoms with van der Waals surface area (Å²) in [5.41, 5.74) is 1.61. The van der Waals surface area contributed by atoms with Crippen LogP contribution in [0.4, 0.5) is 18.9 Å². The largest absolute Gasteiger partial charge is 0.490 e. The molecule has 1 unspecified atom stereocenters. The maximum atomic E-state index is 14.4. The quantitative estimate of drug-likeness (QED) is 0.334. The third-order valence-electron chi connectivity index (χ3n) is 6.56. The Kier molecular flexibility index (Phi) is 7.88. The molecule has 0 saturated heterocycles. The predicted molar refractivity (Wildman–Crippen MR) is 139 cm³/mol. The van der Waals surface area contributed by atoms with E-state index >= 15 is 0 Å². The number of alkyl halides is 3. The standard InChI is InChI=1S/C28H32ClF3N2O2/c1-5-24-33-16-17(4)27(28(30,31)32)34(24)22-14-13-19(29)15-21(22)25(18-11-12-18)20-9-8-10-23(35-6-2)26(20)36-7-3/h8-10,13-15,18,25H,5-7,11-12,16H2,1-4H3. The van der Waals surface area contributed by atoms with Gasteiger partial charge >= 0.3 is 6.18 Å². The summed E-state index contributed by atoms with van der Waals surface area (Å²) in [7, 11) is 0. The van der Waals surface area contributed by atoms with Crippen LogP contribution in [0.25, 0.3) is 0 Å². The van der Waals surface area contributed by atoms with Crippen molar-refractivity contribution >= 4 is 23.1 Å². The van der Waals surface area contributed by atoms with Crippen LogP contribution in [0.2, 0.25) is 5.02 Å². The summed E-state index contributed by atoms with van der Waals surface area (Å²) in [5, 5.41) is 0.472. The topological polar surface area (TPSA) is 34.1 Å². The van der Waals surface area contributed by atoms with Crippen LogP contribution < -0.4 is 14.4 Å². The van der Waals surface area contributed by atoms with E-state index in [4.69, 9.17) is 21.1 Å². The van der Waals surface area contributed by atoms with Crippen molar-refractivity contribution in [2.75, 3.05) is 24.7 Å². The van der Waals surface area contributed by atoms with Gasteiger partial charge in [0.15, 0.2) is 11.5 Å². The van der Waals surface area contributed by atoms with Gasteiger partial charge in [-0.3, -0.25) is 9.89 Å². The molecule has 1 atom stereocenters. The van der Waals surface area contributed by atoms with E-state index in [1.165, 1.54) is 11.8 Å². The first kappa shape index (κ1) is 26.4. The molecule has 2 aromatic rings. The van der Waals surface area contributed by atoms with Gasteiger partial charge in [0, 0.05) is 22.9 Å². The third kappa shape index (κ3) is 5.22. The Morgan fingerprint density at radius 1 is 1.06 bits per heavy atom. The molecule has 8 heteroatoms. The minimum absolute atomic E-state index is 0.0361. The van der Waals surface area contributed by atoms with Crippen LogP contribution in [-0.2, 0) is 0 Å². The van der Waals surface area contributed by atoms with Crippen molar-refractivity contribution < 1.29 is 22.6 Å². The normalized spacial score (nSPS) is 17.2. The van der Waals surface area contributed by atoms with Crippen LogP contribution in [0.3, 0.4) is 0 Å². The SMILES string of the molecule is CCOc1cccc(C(c2cc(Cl)ccc2N2C(CC)=NCC(C)=C2C(F)(F)F)C2CC2)c1OCC. The molecule has 2 aliphatic rings. The molecule has 4 rings (SSSR count). The van der Waals surface area contributed by atoms with Crippen molar-refractivity contribution in [3.63, 3.8) is 0 Å². The summed E-state index contributed by atoms with van der Waals surface area (Å²) in [4.78, 5) is 5.80. The number of hydrogen-bond donors (Lipinski definition) is 0. The van der Waals surface area contributed by atoms with E-state index < -0.39 is 11.9 Å². The number of hydrogen-bond acceptors (Lipinski definition) is 4. The lowest BCUT2D eigenvalue weighted by Crippen LogP contribution is -2.41. The second-order valence-electron chi connectivity index (χ2n) is 9.11. The van der Waals surface area contributed by atoms with Gasteiger partial charge in [-0.1, -0.05) is 30.7 Å². The Hall–Kier alpha value is -2.67. The van der Waals surface area contributed by atoms with Crippen molar-refractivity contribution in [1.82, 2.24) is 0 Å². The average molecular weight is 521 g/mol. The Morgan fingerprint density at radius 2 is 1.78 bits per heavy atom. The summed E-state index contributed by atoms with van der Waals surface area (Å²) in [6, 6.07) is 10.9. The van der Waals surface area contributed by atoms with Gasteiger partial charge in [0.2, 0.25) is 0 Å². The van der Waals surface area contributed by atoms with Gasteiger partial charge in [0.05, 0.1) is 25.4 Å². The van der Waals surface area contributed by atoms with Crippen molar-refractivity contribution in [2.45, 2.75) is 59.1 Å². The van der Waals surface area contributed by atoms with Gasteiger partial charge in [-0.2, -0.15) is 13.2 Å². The molecule has 2 aromatic carbocycles. The highest BCUT2D eigenvalue weighted by Crippen LogP contribution is 2.53. The first-order valence-electron chi connectivity index (χ1n) is 12.5. The van der Waals surface area contributed by atoms with Crippen molar-refractivity contribution in [2.24, 2.45) is 10.9 Å². The number of amidine groups is 1. The van der Waals surface area contributed by atoms with Gasteiger partial charge in [-0.05, 0) is 74.9 Å². The summed E-state index contributed by atoms with van der Waals surface area (Å²) >= 11 is 6.48. The minimum Gasteiger partial charge on any atom is -0.490 e. The number of anilines is 1. The molecule has 1 fully saturated rings. The Labute approximate surface area is 215 Å². The van der Waals surface area contributed by atoms with Gasteiger partial charge in [-0.15, -0.1) is 0 Å². The van der Waals surface area contributed by atoms with Gasteiger partial charge in [0.25, 0.3) is 0 Å². The van der Waals surface area contributed by atoms with Crippen LogP contribution in [-0.4, -0.2) is 31.8 Å². The molecule has 1 heterocycles. The van der Waals surface area contributed by atoms with Crippen LogP contribution in [0, 0.1) is 5.92 Å². The van der Waals surface area contributed by atoms with Crippen LogP contribution in [0.15, 0.2) is 52.7 Å². The van der Waals surface area contributed by atoms with Crippen molar-refractivity contribution in [3.8, 4) is 11.5 Å². The molecule has 194 valence electrons. The first-order valence-corrected chi connectivity index (χ1v) is 12.9. The first-order chi connectivity index (χ1) is 17.2. The van der Waals surface area contributed by atoms with Gasteiger partial charge < -0.3 is 9.47 Å². The second-order valence-corrected chi connectivity index (χ2v) is 9.54. The Balaban J connectivity index is 1.96. The zero-order chi connectivity index (χ0) is 26.0. The highest BCUT2D eigenvalue weighted by atomic mass is 35.5. The molecule has 4 nitrogen and oxygen atoms in total. The highest BCUT2D eigenvalue weighted by molar-refractivity contribution is 6.30. The Morgan fingerprint density at radius 3 is 2.39 bits per heavy atom. The monoisotopic (exact) mass is 520 g/mol. The smallest absolute Gasteiger partial charge is 0.431 e. The molecular weight excluding hydrogens is 489 g/mol. The fourth-order valence-electron chi connectivity index (χ4n) is 5.00. The molecule has 0 bridgehead atoms. The van der Waals surface area contributed by atoms with E-state index in [2.05, 4.69) is 4.99 Å². The predicted octanol–water partition coefficient (Wildman–Crippen LogP) is 8.14. The van der Waals surface area contributed by atoms with Crippen LogP contribution in [0.1, 0.15) is 64.0 Å². The number of aliphatic imine (C=N–C) groups is 1. The number of para-hydroxylation sites is 1. The molecule has 1 aliphatic carbocycles. The molecule has 0 N–H and O–H groups in total. The highest BCUT2D eigenvalue weighted by Gasteiger charge is 2.45. The zero-order valence-electron chi connectivity index (χ0n) is 21.1. The number of benzene rings is 2. The summed E-state index contributed by atoms with van der Waals surface area (Å²) < 4.78 is 55.2. The molecule has 0 aromatic heterocycles. The van der Waals surface area contributed by atoms with Gasteiger partial charge in [0.1, 0.15) is 11.5 Å². The second kappa shape index (κ2) is 10.8. The van der Waals surface area contributed by atoms with E-state index in [0.29, 0.717) is 47.7 Å². The maximum Gasteiger partial charge on any atom is 0.431 e.